The Morgan fingerprint density at radius 1 is 1.32 bits per heavy atom. The van der Waals surface area contributed by atoms with Gasteiger partial charge in [-0.25, -0.2) is 9.59 Å². The average molecular weight is 413 g/mol. The summed E-state index contributed by atoms with van der Waals surface area (Å²) in [6, 6.07) is 7.26. The van der Waals surface area contributed by atoms with E-state index < -0.39 is 23.7 Å². The van der Waals surface area contributed by atoms with E-state index >= 15 is 0 Å². The van der Waals surface area contributed by atoms with Crippen molar-refractivity contribution < 1.29 is 19.1 Å². The number of benzene rings is 1. The smallest absolute Gasteiger partial charge is 0.411 e. The van der Waals surface area contributed by atoms with Gasteiger partial charge in [0.05, 0.1) is 7.11 Å². The van der Waals surface area contributed by atoms with E-state index in [1.807, 2.05) is 31.3 Å². The van der Waals surface area contributed by atoms with Gasteiger partial charge in [-0.1, -0.05) is 22.0 Å². The number of esters is 1. The summed E-state index contributed by atoms with van der Waals surface area (Å²) in [5.74, 6) is -0.420. The van der Waals surface area contributed by atoms with Crippen LogP contribution in [0.4, 0.5) is 10.5 Å². The van der Waals surface area contributed by atoms with Gasteiger partial charge in [-0.15, -0.1) is 0 Å². The van der Waals surface area contributed by atoms with Gasteiger partial charge in [0, 0.05) is 36.2 Å². The number of methoxy groups -OCH3 is 1. The van der Waals surface area contributed by atoms with E-state index in [1.165, 1.54) is 12.0 Å². The molecule has 2 atom stereocenters. The lowest BCUT2D eigenvalue weighted by Crippen LogP contribution is -2.44. The Kier molecular flexibility index (Phi) is 5.98. The van der Waals surface area contributed by atoms with Crippen molar-refractivity contribution >= 4 is 33.7 Å². The Bertz CT molecular complexity index is 644. The van der Waals surface area contributed by atoms with Gasteiger partial charge in [0.1, 0.15) is 11.6 Å². The van der Waals surface area contributed by atoms with E-state index in [-0.39, 0.29) is 6.04 Å². The molecule has 0 N–H and O–H groups in total. The van der Waals surface area contributed by atoms with Gasteiger partial charge >= 0.3 is 12.1 Å². The maximum Gasteiger partial charge on any atom is 0.411 e. The molecule has 138 valence electrons. The van der Waals surface area contributed by atoms with E-state index in [0.717, 1.165) is 10.2 Å². The predicted molar refractivity (Wildman–Crippen MR) is 99.7 cm³/mol. The fourth-order valence-electron chi connectivity index (χ4n) is 2.88. The number of amides is 1. The van der Waals surface area contributed by atoms with Crippen molar-refractivity contribution in [3.8, 4) is 0 Å². The molecule has 1 saturated heterocycles. The molecule has 0 spiro atoms. The molecule has 0 radical (unpaired) electrons. The highest BCUT2D eigenvalue weighted by molar-refractivity contribution is 9.10. The summed E-state index contributed by atoms with van der Waals surface area (Å²) in [5.41, 5.74) is 0.389. The van der Waals surface area contributed by atoms with Crippen molar-refractivity contribution in [2.45, 2.75) is 44.9 Å². The van der Waals surface area contributed by atoms with Crippen LogP contribution in [0.3, 0.4) is 0 Å². The number of carbonyl (C=O) groups excluding carboxylic acids is 2. The molecule has 1 fully saturated rings. The third-order valence-corrected chi connectivity index (χ3v) is 4.64. The van der Waals surface area contributed by atoms with Gasteiger partial charge in [0.15, 0.2) is 0 Å². The van der Waals surface area contributed by atoms with Crippen LogP contribution in [0.15, 0.2) is 28.7 Å². The van der Waals surface area contributed by atoms with Gasteiger partial charge in [0.25, 0.3) is 0 Å². The van der Waals surface area contributed by atoms with E-state index in [1.54, 1.807) is 20.8 Å². The summed E-state index contributed by atoms with van der Waals surface area (Å²) in [6.07, 6.45) is 0.00242. The van der Waals surface area contributed by atoms with Crippen molar-refractivity contribution in [3.63, 3.8) is 0 Å². The number of anilines is 1. The van der Waals surface area contributed by atoms with Crippen LogP contribution in [-0.4, -0.2) is 55.3 Å². The molecule has 7 heteroatoms. The topological polar surface area (TPSA) is 59.1 Å². The molecular weight excluding hydrogens is 388 g/mol. The molecule has 0 aliphatic carbocycles. The van der Waals surface area contributed by atoms with Gasteiger partial charge in [-0.05, 0) is 39.0 Å². The van der Waals surface area contributed by atoms with Crippen LogP contribution in [0, 0.1) is 0 Å². The minimum absolute atomic E-state index is 0.00841. The molecule has 0 aromatic heterocycles. The van der Waals surface area contributed by atoms with E-state index in [4.69, 9.17) is 9.47 Å². The number of hydrogen-bond donors (Lipinski definition) is 0. The predicted octanol–water partition coefficient (Wildman–Crippen LogP) is 3.44. The minimum atomic E-state index is -0.639. The first kappa shape index (κ1) is 19.6. The van der Waals surface area contributed by atoms with Crippen LogP contribution in [-0.2, 0) is 14.3 Å². The van der Waals surface area contributed by atoms with Gasteiger partial charge in [0.2, 0.25) is 0 Å². The number of hydrogen-bond acceptors (Lipinski definition) is 5. The molecule has 0 unspecified atom stereocenters. The Morgan fingerprint density at radius 3 is 2.56 bits per heavy atom. The van der Waals surface area contributed by atoms with Gasteiger partial charge < -0.3 is 14.4 Å². The largest absolute Gasteiger partial charge is 0.467 e. The number of likely N-dealkylation sites (N-methyl/N-ethyl adjacent to an activating group) is 1. The first-order valence-electron chi connectivity index (χ1n) is 8.18. The SMILES string of the molecule is COC(=O)[C@@H]1C[C@H](N(C)c2cccc(Br)c2)CN1C(=O)OC(C)(C)C. The molecule has 0 saturated carbocycles. The van der Waals surface area contributed by atoms with Crippen molar-refractivity contribution in [2.24, 2.45) is 0 Å². The maximum atomic E-state index is 12.5. The van der Waals surface area contributed by atoms with E-state index in [0.29, 0.717) is 13.0 Å². The fourth-order valence-corrected chi connectivity index (χ4v) is 3.27. The quantitative estimate of drug-likeness (QED) is 0.711. The average Bonchev–Trinajstić information content (AvgIpc) is 2.97. The molecule has 1 aliphatic heterocycles. The van der Waals surface area contributed by atoms with E-state index in [2.05, 4.69) is 20.8 Å². The van der Waals surface area contributed by atoms with Crippen LogP contribution in [0.1, 0.15) is 27.2 Å². The summed E-state index contributed by atoms with van der Waals surface area (Å²) in [7, 11) is 3.29. The number of ether oxygens (including phenoxy) is 2. The highest BCUT2D eigenvalue weighted by atomic mass is 79.9. The summed E-state index contributed by atoms with van der Waals surface area (Å²) in [6.45, 7) is 5.81. The molecule has 6 nitrogen and oxygen atoms in total. The monoisotopic (exact) mass is 412 g/mol. The number of nitrogens with zero attached hydrogens (tertiary/aromatic N) is 2. The number of carbonyl (C=O) groups is 2. The normalized spacial score (nSPS) is 20.3. The maximum absolute atomic E-state index is 12.5. The first-order valence-corrected chi connectivity index (χ1v) is 8.97. The van der Waals surface area contributed by atoms with Gasteiger partial charge in [-0.3, -0.25) is 4.90 Å². The Morgan fingerprint density at radius 2 is 2.00 bits per heavy atom. The molecule has 1 aromatic rings. The minimum Gasteiger partial charge on any atom is -0.467 e. The molecule has 1 amide bonds. The zero-order chi connectivity index (χ0) is 18.8. The van der Waals surface area contributed by atoms with Gasteiger partial charge in [-0.2, -0.15) is 0 Å². The van der Waals surface area contributed by atoms with Crippen molar-refractivity contribution in [1.82, 2.24) is 4.90 Å². The highest BCUT2D eigenvalue weighted by Crippen LogP contribution is 2.29. The van der Waals surface area contributed by atoms with Crippen LogP contribution in [0.5, 0.6) is 0 Å². The molecule has 2 rings (SSSR count). The fraction of sp³-hybridized carbons (Fsp3) is 0.556. The highest BCUT2D eigenvalue weighted by Gasteiger charge is 2.43. The number of likely N-dealkylation sites (tertiary alicyclic amines) is 1. The van der Waals surface area contributed by atoms with E-state index in [9.17, 15) is 9.59 Å². The van der Waals surface area contributed by atoms with Crippen LogP contribution < -0.4 is 4.90 Å². The zero-order valence-electron chi connectivity index (χ0n) is 15.3. The molecule has 25 heavy (non-hydrogen) atoms. The molecule has 1 aromatic carbocycles. The number of halogens is 1. The standard InChI is InChI=1S/C18H25BrN2O4/c1-18(2,3)25-17(23)21-11-14(10-15(21)16(22)24-5)20(4)13-8-6-7-12(19)9-13/h6-9,14-15H,10-11H2,1-5H3/t14-,15-/m0/s1. The first-order chi connectivity index (χ1) is 11.6. The Balaban J connectivity index is 2.20. The molecule has 0 bridgehead atoms. The van der Waals surface area contributed by atoms with Crippen molar-refractivity contribution in [3.05, 3.63) is 28.7 Å². The lowest BCUT2D eigenvalue weighted by molar-refractivity contribution is -0.145. The third kappa shape index (κ3) is 4.87. The van der Waals surface area contributed by atoms with Crippen molar-refractivity contribution in [1.29, 1.82) is 0 Å². The second kappa shape index (κ2) is 7.64. The molecular formula is C18H25BrN2O4. The lowest BCUT2D eigenvalue weighted by Gasteiger charge is -2.28. The summed E-state index contributed by atoms with van der Waals surface area (Å²) >= 11 is 3.47. The van der Waals surface area contributed by atoms with Crippen LogP contribution >= 0.6 is 15.9 Å². The summed E-state index contributed by atoms with van der Waals surface area (Å²) in [5, 5.41) is 0. The third-order valence-electron chi connectivity index (χ3n) is 4.14. The lowest BCUT2D eigenvalue weighted by atomic mass is 10.1. The van der Waals surface area contributed by atoms with Crippen LogP contribution in [0.2, 0.25) is 0 Å². The summed E-state index contributed by atoms with van der Waals surface area (Å²) in [4.78, 5) is 28.2. The second-order valence-corrected chi connectivity index (χ2v) is 8.07. The Labute approximate surface area is 157 Å². The zero-order valence-corrected chi connectivity index (χ0v) is 16.9. The van der Waals surface area contributed by atoms with Crippen LogP contribution in [0.25, 0.3) is 0 Å². The molecule has 1 heterocycles. The van der Waals surface area contributed by atoms with Crippen molar-refractivity contribution in [2.75, 3.05) is 25.6 Å². The number of rotatable bonds is 3. The summed E-state index contributed by atoms with van der Waals surface area (Å²) < 4.78 is 11.3. The second-order valence-electron chi connectivity index (χ2n) is 7.15. The Hall–Kier alpha value is -1.76. The molecule has 1 aliphatic rings.